The van der Waals surface area contributed by atoms with E-state index in [0.717, 1.165) is 0 Å². The number of aromatic amines is 1. The Kier molecular flexibility index (Phi) is 4.26. The van der Waals surface area contributed by atoms with Gasteiger partial charge in [0, 0.05) is 5.56 Å². The second-order valence-corrected chi connectivity index (χ2v) is 7.68. The summed E-state index contributed by atoms with van der Waals surface area (Å²) in [6, 6.07) is 14.3. The van der Waals surface area contributed by atoms with Gasteiger partial charge in [0.1, 0.15) is 11.7 Å². The van der Waals surface area contributed by atoms with Crippen molar-refractivity contribution in [3.63, 3.8) is 0 Å². The van der Waals surface area contributed by atoms with E-state index in [9.17, 15) is 18.5 Å². The molecule has 29 heavy (non-hydrogen) atoms. The predicted molar refractivity (Wildman–Crippen MR) is 105 cm³/mol. The molecular weight excluding hydrogens is 394 g/mol. The molecule has 9 nitrogen and oxygen atoms in total. The number of fused-ring (bicyclic) bond motifs is 3. The van der Waals surface area contributed by atoms with Gasteiger partial charge in [0.05, 0.1) is 27.2 Å². The molecule has 0 aliphatic carbocycles. The van der Waals surface area contributed by atoms with E-state index in [1.165, 1.54) is 28.7 Å². The molecule has 2 aromatic carbocycles. The van der Waals surface area contributed by atoms with E-state index >= 15 is 0 Å². The van der Waals surface area contributed by atoms with Crippen LogP contribution in [-0.2, 0) is 10.1 Å². The van der Waals surface area contributed by atoms with Crippen LogP contribution in [0.3, 0.4) is 0 Å². The second-order valence-electron chi connectivity index (χ2n) is 6.26. The zero-order valence-electron chi connectivity index (χ0n) is 15.0. The summed E-state index contributed by atoms with van der Waals surface area (Å²) in [5.74, 6) is 0. The van der Waals surface area contributed by atoms with Gasteiger partial charge in [0.15, 0.2) is 5.69 Å². The van der Waals surface area contributed by atoms with Crippen LogP contribution in [0.4, 0.5) is 11.4 Å². The second kappa shape index (κ2) is 6.66. The molecule has 144 valence electrons. The number of pyridine rings is 1. The van der Waals surface area contributed by atoms with E-state index in [4.69, 9.17) is 4.55 Å². The van der Waals surface area contributed by atoms with Gasteiger partial charge in [-0.25, -0.2) is 0 Å². The van der Waals surface area contributed by atoms with Gasteiger partial charge in [-0.2, -0.15) is 18.8 Å². The van der Waals surface area contributed by atoms with E-state index in [1.807, 2.05) is 6.07 Å². The third-order valence-electron chi connectivity index (χ3n) is 4.51. The van der Waals surface area contributed by atoms with Crippen molar-refractivity contribution < 1.29 is 13.0 Å². The Morgan fingerprint density at radius 2 is 1.79 bits per heavy atom. The minimum Gasteiger partial charge on any atom is -0.338 e. The summed E-state index contributed by atoms with van der Waals surface area (Å²) in [4.78, 5) is 15.9. The van der Waals surface area contributed by atoms with Crippen LogP contribution in [0.2, 0.25) is 0 Å². The average molecular weight is 407 g/mol. The Bertz CT molecular complexity index is 1510. The zero-order chi connectivity index (χ0) is 20.8. The smallest absolute Gasteiger partial charge is 0.294 e. The van der Waals surface area contributed by atoms with Crippen LogP contribution in [0.5, 0.6) is 0 Å². The van der Waals surface area contributed by atoms with Gasteiger partial charge in [0.2, 0.25) is 0 Å². The first-order valence-corrected chi connectivity index (χ1v) is 9.80. The number of hydrogen-bond acceptors (Lipinski definition) is 6. The number of nitrogens with one attached hydrogen (secondary N) is 1. The van der Waals surface area contributed by atoms with E-state index in [1.54, 1.807) is 25.1 Å². The molecule has 4 aromatic rings. The van der Waals surface area contributed by atoms with Crippen molar-refractivity contribution in [1.29, 1.82) is 5.26 Å². The molecule has 0 aliphatic heterocycles. The first kappa shape index (κ1) is 18.5. The fourth-order valence-electron chi connectivity index (χ4n) is 3.07. The Balaban J connectivity index is 1.90. The highest BCUT2D eigenvalue weighted by atomic mass is 32.2. The van der Waals surface area contributed by atoms with Gasteiger partial charge in [-0.1, -0.05) is 12.1 Å². The summed E-state index contributed by atoms with van der Waals surface area (Å²) in [5.41, 5.74) is 2.19. The van der Waals surface area contributed by atoms with Crippen molar-refractivity contribution in [2.45, 2.75) is 11.8 Å². The lowest BCUT2D eigenvalue weighted by Crippen LogP contribution is -2.14. The molecule has 0 amide bonds. The third kappa shape index (κ3) is 3.08. The van der Waals surface area contributed by atoms with E-state index in [-0.39, 0.29) is 21.8 Å². The highest BCUT2D eigenvalue weighted by Gasteiger charge is 2.18. The highest BCUT2D eigenvalue weighted by Crippen LogP contribution is 2.26. The standard InChI is InChI=1S/C19H13N5O4S/c1-11-14(10-20)18-21-15-4-2-3-5-16(15)24(18)19(25)17(11)23-22-12-6-8-13(9-7-12)29(26,27)28/h2-9,21H,1H3,(H,26,27,28). The van der Waals surface area contributed by atoms with Crippen molar-refractivity contribution in [1.82, 2.24) is 9.38 Å². The van der Waals surface area contributed by atoms with Crippen LogP contribution in [0.15, 0.2) is 68.4 Å². The summed E-state index contributed by atoms with van der Waals surface area (Å²) in [7, 11) is -4.31. The average Bonchev–Trinajstić information content (AvgIpc) is 3.07. The quantitative estimate of drug-likeness (QED) is 0.394. The number of H-pyrrole nitrogens is 1. The fourth-order valence-corrected chi connectivity index (χ4v) is 3.55. The fraction of sp³-hybridized carbons (Fsp3) is 0.0526. The van der Waals surface area contributed by atoms with Crippen molar-refractivity contribution in [3.8, 4) is 6.07 Å². The normalized spacial score (nSPS) is 12.0. The molecule has 0 radical (unpaired) electrons. The van der Waals surface area contributed by atoms with E-state index in [0.29, 0.717) is 22.2 Å². The Morgan fingerprint density at radius 3 is 2.45 bits per heavy atom. The van der Waals surface area contributed by atoms with Crippen LogP contribution >= 0.6 is 0 Å². The molecule has 0 atom stereocenters. The van der Waals surface area contributed by atoms with Gasteiger partial charge in [-0.05, 0) is 43.3 Å². The molecular formula is C19H13N5O4S. The molecule has 0 aliphatic rings. The van der Waals surface area contributed by atoms with Gasteiger partial charge in [-0.15, -0.1) is 5.11 Å². The third-order valence-corrected chi connectivity index (χ3v) is 5.37. The molecule has 0 spiro atoms. The SMILES string of the molecule is Cc1c(N=Nc2ccc(S(=O)(=O)O)cc2)c(=O)n2c([nH]c3ccccc32)c1C#N. The number of aromatic nitrogens is 2. The van der Waals surface area contributed by atoms with Crippen LogP contribution in [0, 0.1) is 18.3 Å². The van der Waals surface area contributed by atoms with E-state index in [2.05, 4.69) is 21.3 Å². The maximum Gasteiger partial charge on any atom is 0.294 e. The number of hydrogen-bond donors (Lipinski definition) is 2. The minimum atomic E-state index is -4.31. The first-order chi connectivity index (χ1) is 13.8. The van der Waals surface area contributed by atoms with Crippen molar-refractivity contribution in [3.05, 3.63) is 70.0 Å². The Morgan fingerprint density at radius 1 is 1.10 bits per heavy atom. The molecule has 0 saturated heterocycles. The van der Waals surface area contributed by atoms with E-state index < -0.39 is 15.7 Å². The minimum absolute atomic E-state index is 0.00246. The lowest BCUT2D eigenvalue weighted by molar-refractivity contribution is 0.483. The first-order valence-electron chi connectivity index (χ1n) is 8.36. The number of nitriles is 1. The van der Waals surface area contributed by atoms with Gasteiger partial charge < -0.3 is 4.98 Å². The molecule has 0 unspecified atom stereocenters. The number of nitrogens with zero attached hydrogens (tertiary/aromatic N) is 4. The molecule has 4 rings (SSSR count). The number of imidazole rings is 1. The maximum absolute atomic E-state index is 13.1. The van der Waals surface area contributed by atoms with Gasteiger partial charge in [0.25, 0.3) is 15.7 Å². The summed E-state index contributed by atoms with van der Waals surface area (Å²) >= 11 is 0. The molecule has 0 fully saturated rings. The van der Waals surface area contributed by atoms with Crippen LogP contribution < -0.4 is 5.56 Å². The summed E-state index contributed by atoms with van der Waals surface area (Å²) < 4.78 is 32.6. The lowest BCUT2D eigenvalue weighted by Gasteiger charge is -2.04. The summed E-state index contributed by atoms with van der Waals surface area (Å²) in [6.45, 7) is 1.61. The molecule has 10 heteroatoms. The molecule has 2 N–H and O–H groups in total. The summed E-state index contributed by atoms with van der Waals surface area (Å²) in [6.07, 6.45) is 0. The monoisotopic (exact) mass is 407 g/mol. The summed E-state index contributed by atoms with van der Waals surface area (Å²) in [5, 5.41) is 17.6. The Labute approximate surface area is 164 Å². The predicted octanol–water partition coefficient (Wildman–Crippen LogP) is 3.62. The van der Waals surface area contributed by atoms with Crippen molar-refractivity contribution >= 4 is 38.2 Å². The topological polar surface area (TPSA) is 140 Å². The van der Waals surface area contributed by atoms with Gasteiger partial charge in [-0.3, -0.25) is 13.7 Å². The van der Waals surface area contributed by atoms with Gasteiger partial charge >= 0.3 is 0 Å². The number of rotatable bonds is 3. The lowest BCUT2D eigenvalue weighted by atomic mass is 10.1. The zero-order valence-corrected chi connectivity index (χ0v) is 15.8. The molecule has 2 heterocycles. The number of benzene rings is 2. The number of azo groups is 1. The number of para-hydroxylation sites is 2. The van der Waals surface area contributed by atoms with Crippen molar-refractivity contribution in [2.75, 3.05) is 0 Å². The Hall–Kier alpha value is -3.81. The molecule has 0 saturated carbocycles. The molecule has 2 aromatic heterocycles. The van der Waals surface area contributed by atoms with Crippen molar-refractivity contribution in [2.24, 2.45) is 10.2 Å². The molecule has 0 bridgehead atoms. The van der Waals surface area contributed by atoms with Crippen LogP contribution in [0.1, 0.15) is 11.1 Å². The van der Waals surface area contributed by atoms with Crippen LogP contribution in [0.25, 0.3) is 16.7 Å². The largest absolute Gasteiger partial charge is 0.338 e. The van der Waals surface area contributed by atoms with Crippen LogP contribution in [-0.4, -0.2) is 22.4 Å². The highest BCUT2D eigenvalue weighted by molar-refractivity contribution is 7.85. The maximum atomic E-state index is 13.1.